The van der Waals surface area contributed by atoms with Gasteiger partial charge in [-0.25, -0.2) is 4.98 Å². The zero-order valence-corrected chi connectivity index (χ0v) is 19.1. The molecule has 7 heteroatoms. The zero-order chi connectivity index (χ0) is 22.9. The fourth-order valence-corrected chi connectivity index (χ4v) is 4.40. The molecule has 1 aliphatic heterocycles. The number of carbonyl (C=O) groups excluding carboxylic acids is 1. The topological polar surface area (TPSA) is 68.2 Å². The summed E-state index contributed by atoms with van der Waals surface area (Å²) in [5.41, 5.74) is 4.67. The normalized spacial score (nSPS) is 15.2. The highest BCUT2D eigenvalue weighted by molar-refractivity contribution is 6.30. The van der Waals surface area contributed by atoms with Gasteiger partial charge in [0.25, 0.3) is 5.91 Å². The van der Waals surface area contributed by atoms with Gasteiger partial charge in [0.05, 0.1) is 29.3 Å². The number of amides is 1. The average molecular weight is 459 g/mol. The van der Waals surface area contributed by atoms with Crippen molar-refractivity contribution in [2.45, 2.75) is 19.9 Å². The Morgan fingerprint density at radius 1 is 1.09 bits per heavy atom. The first-order chi connectivity index (χ1) is 16.1. The highest BCUT2D eigenvalue weighted by Crippen LogP contribution is 2.42. The molecule has 1 atom stereocenters. The van der Waals surface area contributed by atoms with E-state index in [0.717, 1.165) is 28.0 Å². The van der Waals surface area contributed by atoms with E-state index in [9.17, 15) is 4.79 Å². The van der Waals surface area contributed by atoms with Crippen LogP contribution >= 0.6 is 11.6 Å². The molecule has 4 aromatic rings. The molecule has 0 unspecified atom stereocenters. The minimum Gasteiger partial charge on any atom is -0.494 e. The summed E-state index contributed by atoms with van der Waals surface area (Å²) >= 11 is 6.01. The van der Waals surface area contributed by atoms with Gasteiger partial charge >= 0.3 is 0 Å². The van der Waals surface area contributed by atoms with Crippen molar-refractivity contribution >= 4 is 40.2 Å². The van der Waals surface area contributed by atoms with Crippen LogP contribution in [0, 0.1) is 0 Å². The Morgan fingerprint density at radius 3 is 2.61 bits per heavy atom. The first-order valence-corrected chi connectivity index (χ1v) is 11.2. The van der Waals surface area contributed by atoms with E-state index in [1.807, 2.05) is 62.4 Å². The average Bonchev–Trinajstić information content (AvgIpc) is 3.18. The smallest absolute Gasteiger partial charge is 0.255 e. The number of halogens is 1. The lowest BCUT2D eigenvalue weighted by Crippen LogP contribution is -2.31. The van der Waals surface area contributed by atoms with Crippen LogP contribution in [0.4, 0.5) is 11.6 Å². The molecule has 0 aliphatic carbocycles. The molecule has 3 aromatic carbocycles. The molecule has 0 saturated carbocycles. The largest absolute Gasteiger partial charge is 0.494 e. The Hall–Kier alpha value is -3.77. The van der Waals surface area contributed by atoms with E-state index in [4.69, 9.17) is 21.3 Å². The zero-order valence-electron chi connectivity index (χ0n) is 18.3. The molecule has 2 heterocycles. The number of ether oxygens (including phenoxy) is 1. The van der Waals surface area contributed by atoms with Gasteiger partial charge in [0.2, 0.25) is 5.95 Å². The van der Waals surface area contributed by atoms with E-state index in [1.54, 1.807) is 24.3 Å². The van der Waals surface area contributed by atoms with Crippen LogP contribution in [-0.2, 0) is 4.79 Å². The molecule has 166 valence electrons. The molecule has 1 amide bonds. The van der Waals surface area contributed by atoms with Crippen molar-refractivity contribution in [3.05, 3.63) is 94.7 Å². The number of anilines is 2. The number of rotatable bonds is 5. The van der Waals surface area contributed by atoms with Crippen molar-refractivity contribution in [1.29, 1.82) is 0 Å². The molecule has 0 spiro atoms. The molecule has 0 radical (unpaired) electrons. The molecule has 0 fully saturated rings. The summed E-state index contributed by atoms with van der Waals surface area (Å²) < 4.78 is 8.03. The molecule has 0 saturated heterocycles. The maximum absolute atomic E-state index is 13.7. The molecule has 6 nitrogen and oxygen atoms in total. The van der Waals surface area contributed by atoms with E-state index in [2.05, 4.69) is 15.2 Å². The number of nitrogens with zero attached hydrogens (tertiary/aromatic N) is 2. The van der Waals surface area contributed by atoms with Crippen LogP contribution in [0.2, 0.25) is 5.02 Å². The van der Waals surface area contributed by atoms with Crippen LogP contribution in [0.5, 0.6) is 5.75 Å². The lowest BCUT2D eigenvalue weighted by atomic mass is 9.93. The Balaban J connectivity index is 1.68. The van der Waals surface area contributed by atoms with Gasteiger partial charge in [0, 0.05) is 22.0 Å². The van der Waals surface area contributed by atoms with E-state index in [0.29, 0.717) is 28.8 Å². The third-order valence-electron chi connectivity index (χ3n) is 5.69. The van der Waals surface area contributed by atoms with Gasteiger partial charge in [0.1, 0.15) is 5.75 Å². The summed E-state index contributed by atoms with van der Waals surface area (Å²) in [5.74, 6) is 1.22. The highest BCUT2D eigenvalue weighted by Gasteiger charge is 2.35. The first kappa shape index (κ1) is 21.1. The molecule has 33 heavy (non-hydrogen) atoms. The molecular weight excluding hydrogens is 436 g/mol. The lowest BCUT2D eigenvalue weighted by Gasteiger charge is -2.31. The van der Waals surface area contributed by atoms with Crippen molar-refractivity contribution in [3.63, 3.8) is 0 Å². The quantitative estimate of drug-likeness (QED) is 0.384. The van der Waals surface area contributed by atoms with Crippen LogP contribution in [-0.4, -0.2) is 22.1 Å². The Labute approximate surface area is 196 Å². The first-order valence-electron chi connectivity index (χ1n) is 10.8. The van der Waals surface area contributed by atoms with Crippen molar-refractivity contribution in [2.75, 3.05) is 17.2 Å². The standard InChI is InChI=1S/C26H23ClN4O2/c1-3-33-22-11-7-4-8-19(22)24-23(25(32)29-18-14-12-17(27)13-15-18)16(2)28-26-30-20-9-5-6-10-21(20)31(24)26/h4-15,24H,3H2,1-2H3,(H,28,30)(H,29,32)/t24-/m1/s1. The van der Waals surface area contributed by atoms with Gasteiger partial charge in [-0.3, -0.25) is 9.36 Å². The highest BCUT2D eigenvalue weighted by atomic mass is 35.5. The van der Waals surface area contributed by atoms with Crippen molar-refractivity contribution in [1.82, 2.24) is 9.55 Å². The van der Waals surface area contributed by atoms with Crippen molar-refractivity contribution < 1.29 is 9.53 Å². The predicted molar refractivity (Wildman–Crippen MR) is 132 cm³/mol. The summed E-state index contributed by atoms with van der Waals surface area (Å²) in [7, 11) is 0. The van der Waals surface area contributed by atoms with Gasteiger partial charge in [-0.05, 0) is 56.3 Å². The van der Waals surface area contributed by atoms with E-state index < -0.39 is 6.04 Å². The number of nitrogens with one attached hydrogen (secondary N) is 2. The van der Waals surface area contributed by atoms with Gasteiger partial charge in [0.15, 0.2) is 0 Å². The molecular formula is C26H23ClN4O2. The fourth-order valence-electron chi connectivity index (χ4n) is 4.28. The lowest BCUT2D eigenvalue weighted by molar-refractivity contribution is -0.113. The van der Waals surface area contributed by atoms with Crippen LogP contribution in [0.15, 0.2) is 84.1 Å². The number of para-hydroxylation sites is 3. The number of hydrogen-bond donors (Lipinski definition) is 2. The molecule has 1 aliphatic rings. The summed E-state index contributed by atoms with van der Waals surface area (Å²) in [6.07, 6.45) is 0. The van der Waals surface area contributed by atoms with Crippen LogP contribution < -0.4 is 15.4 Å². The number of carbonyl (C=O) groups is 1. The third kappa shape index (κ3) is 3.83. The van der Waals surface area contributed by atoms with Gasteiger partial charge in [-0.15, -0.1) is 0 Å². The van der Waals surface area contributed by atoms with Crippen molar-refractivity contribution in [3.8, 4) is 5.75 Å². The fraction of sp³-hybridized carbons (Fsp3) is 0.154. The summed E-state index contributed by atoms with van der Waals surface area (Å²) in [4.78, 5) is 18.4. The maximum atomic E-state index is 13.7. The monoisotopic (exact) mass is 458 g/mol. The molecule has 0 bridgehead atoms. The van der Waals surface area contributed by atoms with Crippen LogP contribution in [0.25, 0.3) is 11.0 Å². The summed E-state index contributed by atoms with van der Waals surface area (Å²) in [6.45, 7) is 4.37. The number of aromatic nitrogens is 2. The Morgan fingerprint density at radius 2 is 1.82 bits per heavy atom. The third-order valence-corrected chi connectivity index (χ3v) is 5.94. The van der Waals surface area contributed by atoms with E-state index in [-0.39, 0.29) is 5.91 Å². The number of fused-ring (bicyclic) bond motifs is 3. The molecule has 5 rings (SSSR count). The van der Waals surface area contributed by atoms with Crippen molar-refractivity contribution in [2.24, 2.45) is 0 Å². The molecule has 1 aromatic heterocycles. The van der Waals surface area contributed by atoms with E-state index >= 15 is 0 Å². The van der Waals surface area contributed by atoms with E-state index in [1.165, 1.54) is 0 Å². The Bertz CT molecular complexity index is 1370. The SMILES string of the molecule is CCOc1ccccc1[C@@H]1C(C(=O)Nc2ccc(Cl)cc2)=C(C)Nc2nc3ccccc3n21. The number of benzene rings is 3. The summed E-state index contributed by atoms with van der Waals surface area (Å²) in [6, 6.07) is 22.4. The van der Waals surface area contributed by atoms with Crippen LogP contribution in [0.1, 0.15) is 25.5 Å². The minimum atomic E-state index is -0.427. The second kappa shape index (κ2) is 8.64. The molecule has 2 N–H and O–H groups in total. The number of hydrogen-bond acceptors (Lipinski definition) is 4. The second-order valence-electron chi connectivity index (χ2n) is 7.79. The number of imidazole rings is 1. The minimum absolute atomic E-state index is 0.206. The second-order valence-corrected chi connectivity index (χ2v) is 8.23. The summed E-state index contributed by atoms with van der Waals surface area (Å²) in [5, 5.41) is 6.97. The number of allylic oxidation sites excluding steroid dienone is 1. The predicted octanol–water partition coefficient (Wildman–Crippen LogP) is 6.02. The van der Waals surface area contributed by atoms with Gasteiger partial charge < -0.3 is 15.4 Å². The van der Waals surface area contributed by atoms with Gasteiger partial charge in [-0.1, -0.05) is 41.9 Å². The maximum Gasteiger partial charge on any atom is 0.255 e. The van der Waals surface area contributed by atoms with Gasteiger partial charge in [-0.2, -0.15) is 0 Å². The van der Waals surface area contributed by atoms with Crippen LogP contribution in [0.3, 0.4) is 0 Å². The Kier molecular flexibility index (Phi) is 5.52.